The van der Waals surface area contributed by atoms with E-state index in [0.717, 1.165) is 5.69 Å². The number of rotatable bonds is 4. The Labute approximate surface area is 105 Å². The zero-order valence-corrected chi connectivity index (χ0v) is 10.1. The van der Waals surface area contributed by atoms with Crippen LogP contribution in [0.25, 0.3) is 0 Å². The topological polar surface area (TPSA) is 55.2 Å². The first-order valence-electron chi connectivity index (χ1n) is 5.69. The molecule has 0 unspecified atom stereocenters. The van der Waals surface area contributed by atoms with Crippen LogP contribution in [0, 0.1) is 17.0 Å². The molecule has 92 valence electrons. The number of nitrogens with one attached hydrogen (secondary N) is 1. The first-order valence-corrected chi connectivity index (χ1v) is 5.69. The SMILES string of the molecule is Cc1cc(NCc2ccccc2)ccc1[N+](=O)[O-]. The van der Waals surface area contributed by atoms with E-state index >= 15 is 0 Å². The van der Waals surface area contributed by atoms with Gasteiger partial charge in [0.1, 0.15) is 0 Å². The minimum atomic E-state index is -0.365. The van der Waals surface area contributed by atoms with Gasteiger partial charge in [-0.05, 0) is 24.6 Å². The van der Waals surface area contributed by atoms with E-state index < -0.39 is 0 Å². The van der Waals surface area contributed by atoms with Crippen molar-refractivity contribution in [1.29, 1.82) is 0 Å². The Balaban J connectivity index is 2.07. The van der Waals surface area contributed by atoms with E-state index in [2.05, 4.69) is 5.32 Å². The van der Waals surface area contributed by atoms with E-state index in [1.54, 1.807) is 19.1 Å². The van der Waals surface area contributed by atoms with Gasteiger partial charge in [0.25, 0.3) is 5.69 Å². The maximum absolute atomic E-state index is 10.7. The van der Waals surface area contributed by atoms with Gasteiger partial charge in [-0.3, -0.25) is 10.1 Å². The molecular weight excluding hydrogens is 228 g/mol. The summed E-state index contributed by atoms with van der Waals surface area (Å²) >= 11 is 0. The van der Waals surface area contributed by atoms with Gasteiger partial charge in [-0.2, -0.15) is 0 Å². The lowest BCUT2D eigenvalue weighted by atomic mass is 10.1. The molecule has 2 aromatic rings. The van der Waals surface area contributed by atoms with Crippen molar-refractivity contribution in [3.63, 3.8) is 0 Å². The number of nitro benzene ring substituents is 1. The number of aryl methyl sites for hydroxylation is 1. The molecule has 0 bridgehead atoms. The molecule has 0 aliphatic carbocycles. The van der Waals surface area contributed by atoms with Crippen LogP contribution in [0.15, 0.2) is 48.5 Å². The number of hydrogen-bond acceptors (Lipinski definition) is 3. The highest BCUT2D eigenvalue weighted by Crippen LogP contribution is 2.21. The maximum Gasteiger partial charge on any atom is 0.272 e. The molecule has 0 aromatic heterocycles. The summed E-state index contributed by atoms with van der Waals surface area (Å²) in [6.45, 7) is 2.45. The first-order chi connectivity index (χ1) is 8.66. The Bertz CT molecular complexity index is 553. The molecule has 2 aromatic carbocycles. The third-order valence-corrected chi connectivity index (χ3v) is 2.73. The third kappa shape index (κ3) is 2.85. The van der Waals surface area contributed by atoms with Crippen LogP contribution in [0.5, 0.6) is 0 Å². The van der Waals surface area contributed by atoms with E-state index in [1.807, 2.05) is 30.3 Å². The van der Waals surface area contributed by atoms with Crippen molar-refractivity contribution in [2.24, 2.45) is 0 Å². The molecule has 0 saturated heterocycles. The summed E-state index contributed by atoms with van der Waals surface area (Å²) in [5.74, 6) is 0. The van der Waals surface area contributed by atoms with Gasteiger partial charge in [0.15, 0.2) is 0 Å². The molecule has 18 heavy (non-hydrogen) atoms. The molecule has 0 atom stereocenters. The normalized spacial score (nSPS) is 10.1. The second kappa shape index (κ2) is 5.31. The monoisotopic (exact) mass is 242 g/mol. The third-order valence-electron chi connectivity index (χ3n) is 2.73. The average Bonchev–Trinajstić information content (AvgIpc) is 2.37. The molecular formula is C14H14N2O2. The standard InChI is InChI=1S/C14H14N2O2/c1-11-9-13(7-8-14(11)16(17)18)15-10-12-5-3-2-4-6-12/h2-9,15H,10H2,1H3. The molecule has 4 heteroatoms. The van der Waals surface area contributed by atoms with Crippen molar-refractivity contribution >= 4 is 11.4 Å². The Hall–Kier alpha value is -2.36. The van der Waals surface area contributed by atoms with Crippen LogP contribution in [-0.2, 0) is 6.54 Å². The Kier molecular flexibility index (Phi) is 3.57. The van der Waals surface area contributed by atoms with Crippen molar-refractivity contribution in [2.45, 2.75) is 13.5 Å². The zero-order valence-electron chi connectivity index (χ0n) is 10.1. The lowest BCUT2D eigenvalue weighted by molar-refractivity contribution is -0.385. The Morgan fingerprint density at radius 3 is 2.50 bits per heavy atom. The lowest BCUT2D eigenvalue weighted by Gasteiger charge is -2.07. The van der Waals surface area contributed by atoms with E-state index in [0.29, 0.717) is 12.1 Å². The largest absolute Gasteiger partial charge is 0.381 e. The van der Waals surface area contributed by atoms with Gasteiger partial charge in [-0.25, -0.2) is 0 Å². The number of nitro groups is 1. The summed E-state index contributed by atoms with van der Waals surface area (Å²) < 4.78 is 0. The van der Waals surface area contributed by atoms with Gasteiger partial charge in [0.05, 0.1) is 4.92 Å². The van der Waals surface area contributed by atoms with Crippen molar-refractivity contribution in [3.05, 3.63) is 69.8 Å². The Morgan fingerprint density at radius 1 is 1.17 bits per heavy atom. The Morgan fingerprint density at radius 2 is 1.89 bits per heavy atom. The molecule has 0 heterocycles. The summed E-state index contributed by atoms with van der Waals surface area (Å²) in [6, 6.07) is 15.1. The summed E-state index contributed by atoms with van der Waals surface area (Å²) in [5.41, 5.74) is 2.88. The predicted octanol–water partition coefficient (Wildman–Crippen LogP) is 3.52. The molecule has 4 nitrogen and oxygen atoms in total. The van der Waals surface area contributed by atoms with Crippen LogP contribution in [0.1, 0.15) is 11.1 Å². The van der Waals surface area contributed by atoms with Crippen molar-refractivity contribution < 1.29 is 4.92 Å². The molecule has 2 rings (SSSR count). The summed E-state index contributed by atoms with van der Waals surface area (Å²) in [4.78, 5) is 10.3. The van der Waals surface area contributed by atoms with E-state index in [9.17, 15) is 10.1 Å². The molecule has 0 saturated carbocycles. The van der Waals surface area contributed by atoms with Crippen molar-refractivity contribution in [2.75, 3.05) is 5.32 Å². The molecule has 0 fully saturated rings. The highest BCUT2D eigenvalue weighted by atomic mass is 16.6. The van der Waals surface area contributed by atoms with E-state index in [-0.39, 0.29) is 10.6 Å². The van der Waals surface area contributed by atoms with Gasteiger partial charge >= 0.3 is 0 Å². The molecule has 1 N–H and O–H groups in total. The van der Waals surface area contributed by atoms with Crippen LogP contribution in [-0.4, -0.2) is 4.92 Å². The molecule has 0 amide bonds. The lowest BCUT2D eigenvalue weighted by Crippen LogP contribution is -2.00. The summed E-state index contributed by atoms with van der Waals surface area (Å²) in [7, 11) is 0. The molecule has 0 spiro atoms. The van der Waals surface area contributed by atoms with Crippen LogP contribution >= 0.6 is 0 Å². The van der Waals surface area contributed by atoms with E-state index in [1.165, 1.54) is 11.6 Å². The molecule has 0 aliphatic rings. The van der Waals surface area contributed by atoms with Crippen LogP contribution in [0.3, 0.4) is 0 Å². The minimum Gasteiger partial charge on any atom is -0.381 e. The maximum atomic E-state index is 10.7. The average molecular weight is 242 g/mol. The van der Waals surface area contributed by atoms with Crippen molar-refractivity contribution in [1.82, 2.24) is 0 Å². The van der Waals surface area contributed by atoms with Crippen LogP contribution in [0.4, 0.5) is 11.4 Å². The van der Waals surface area contributed by atoms with Gasteiger partial charge < -0.3 is 5.32 Å². The van der Waals surface area contributed by atoms with Gasteiger partial charge in [0.2, 0.25) is 0 Å². The highest BCUT2D eigenvalue weighted by molar-refractivity contribution is 5.53. The van der Waals surface area contributed by atoms with E-state index in [4.69, 9.17) is 0 Å². The number of hydrogen-bond donors (Lipinski definition) is 1. The van der Waals surface area contributed by atoms with Crippen LogP contribution < -0.4 is 5.32 Å². The molecule has 0 radical (unpaired) electrons. The second-order valence-corrected chi connectivity index (χ2v) is 4.10. The van der Waals surface area contributed by atoms with Crippen LogP contribution in [0.2, 0.25) is 0 Å². The summed E-state index contributed by atoms with van der Waals surface area (Å²) in [6.07, 6.45) is 0. The fourth-order valence-corrected chi connectivity index (χ4v) is 1.77. The number of anilines is 1. The quantitative estimate of drug-likeness (QED) is 0.659. The smallest absolute Gasteiger partial charge is 0.272 e. The fraction of sp³-hybridized carbons (Fsp3) is 0.143. The number of benzene rings is 2. The zero-order chi connectivity index (χ0) is 13.0. The minimum absolute atomic E-state index is 0.153. The summed E-state index contributed by atoms with van der Waals surface area (Å²) in [5, 5.41) is 13.9. The number of nitrogens with zero attached hydrogens (tertiary/aromatic N) is 1. The predicted molar refractivity (Wildman–Crippen MR) is 71.6 cm³/mol. The molecule has 0 aliphatic heterocycles. The van der Waals surface area contributed by atoms with Gasteiger partial charge in [-0.1, -0.05) is 30.3 Å². The fourth-order valence-electron chi connectivity index (χ4n) is 1.77. The van der Waals surface area contributed by atoms with Gasteiger partial charge in [-0.15, -0.1) is 0 Å². The van der Waals surface area contributed by atoms with Crippen molar-refractivity contribution in [3.8, 4) is 0 Å². The second-order valence-electron chi connectivity index (χ2n) is 4.10. The van der Waals surface area contributed by atoms with Gasteiger partial charge in [0, 0.05) is 23.9 Å². The highest BCUT2D eigenvalue weighted by Gasteiger charge is 2.09. The first kappa shape index (κ1) is 12.1.